The number of pyridine rings is 1. The summed E-state index contributed by atoms with van der Waals surface area (Å²) >= 11 is 0. The van der Waals surface area contributed by atoms with E-state index in [4.69, 9.17) is 4.74 Å². The first-order valence-electron chi connectivity index (χ1n) is 6.67. The van der Waals surface area contributed by atoms with Gasteiger partial charge in [-0.15, -0.1) is 0 Å². The van der Waals surface area contributed by atoms with Crippen molar-refractivity contribution < 1.29 is 4.74 Å². The fourth-order valence-corrected chi connectivity index (χ4v) is 2.02. The maximum atomic E-state index is 9.31. The lowest BCUT2D eigenvalue weighted by Crippen LogP contribution is -2.25. The van der Waals surface area contributed by atoms with Gasteiger partial charge < -0.3 is 10.1 Å². The zero-order valence-corrected chi connectivity index (χ0v) is 12.2. The largest absolute Gasteiger partial charge is 0.385 e. The minimum atomic E-state index is 0.0819. The van der Waals surface area contributed by atoms with Crippen LogP contribution in [0, 0.1) is 16.7 Å². The number of anilines is 1. The smallest absolute Gasteiger partial charge is 0.168 e. The summed E-state index contributed by atoms with van der Waals surface area (Å²) in [7, 11) is 1.71. The molecule has 0 amide bonds. The van der Waals surface area contributed by atoms with Crippen molar-refractivity contribution in [3.63, 3.8) is 0 Å². The van der Waals surface area contributed by atoms with Gasteiger partial charge in [0.25, 0.3) is 0 Å². The van der Waals surface area contributed by atoms with Crippen molar-refractivity contribution in [2.75, 3.05) is 25.6 Å². The van der Waals surface area contributed by atoms with Crippen molar-refractivity contribution in [1.82, 2.24) is 9.38 Å². The summed E-state index contributed by atoms with van der Waals surface area (Å²) in [4.78, 5) is 4.46. The van der Waals surface area contributed by atoms with Crippen LogP contribution >= 0.6 is 0 Å². The Morgan fingerprint density at radius 1 is 1.45 bits per heavy atom. The Balaban J connectivity index is 2.16. The van der Waals surface area contributed by atoms with Gasteiger partial charge >= 0.3 is 0 Å². The Hall–Kier alpha value is -2.06. The van der Waals surface area contributed by atoms with Crippen molar-refractivity contribution in [2.45, 2.75) is 20.3 Å². The lowest BCUT2D eigenvalue weighted by Gasteiger charge is -2.24. The predicted octanol–water partition coefficient (Wildman–Crippen LogP) is 2.68. The van der Waals surface area contributed by atoms with Gasteiger partial charge in [0.2, 0.25) is 0 Å². The van der Waals surface area contributed by atoms with E-state index in [1.54, 1.807) is 11.5 Å². The molecule has 1 N–H and O–H groups in total. The molecule has 0 aliphatic carbocycles. The molecule has 0 radical (unpaired) electrons. The van der Waals surface area contributed by atoms with E-state index in [9.17, 15) is 5.26 Å². The third-order valence-corrected chi connectivity index (χ3v) is 3.35. The highest BCUT2D eigenvalue weighted by atomic mass is 16.5. The number of nitriles is 1. The van der Waals surface area contributed by atoms with E-state index in [0.717, 1.165) is 25.2 Å². The Labute approximate surface area is 119 Å². The molecule has 106 valence electrons. The quantitative estimate of drug-likeness (QED) is 0.878. The Bertz CT molecular complexity index is 624. The molecule has 2 aromatic heterocycles. The lowest BCUT2D eigenvalue weighted by molar-refractivity contribution is 0.157. The van der Waals surface area contributed by atoms with Crippen molar-refractivity contribution in [2.24, 2.45) is 5.41 Å². The Morgan fingerprint density at radius 3 is 2.95 bits per heavy atom. The third-order valence-electron chi connectivity index (χ3n) is 3.35. The molecule has 0 saturated heterocycles. The Kier molecular flexibility index (Phi) is 4.26. The van der Waals surface area contributed by atoms with Gasteiger partial charge in [-0.2, -0.15) is 5.26 Å². The number of ether oxygens (including phenoxy) is 1. The van der Waals surface area contributed by atoms with Crippen LogP contribution in [0.4, 0.5) is 5.82 Å². The highest BCUT2D eigenvalue weighted by molar-refractivity contribution is 5.58. The van der Waals surface area contributed by atoms with E-state index in [0.29, 0.717) is 11.5 Å². The summed E-state index contributed by atoms with van der Waals surface area (Å²) in [5.74, 6) is 0.643. The first kappa shape index (κ1) is 14.4. The van der Waals surface area contributed by atoms with Crippen molar-refractivity contribution in [3.05, 3.63) is 30.1 Å². The number of hydrogen-bond acceptors (Lipinski definition) is 4. The van der Waals surface area contributed by atoms with Gasteiger partial charge in [0.05, 0.1) is 0 Å². The van der Waals surface area contributed by atoms with Gasteiger partial charge in [0.15, 0.2) is 11.5 Å². The molecule has 2 rings (SSSR count). The normalized spacial score (nSPS) is 11.5. The summed E-state index contributed by atoms with van der Waals surface area (Å²) in [6.45, 7) is 5.81. The molecule has 5 heteroatoms. The van der Waals surface area contributed by atoms with Crippen LogP contribution in [-0.4, -0.2) is 29.6 Å². The maximum Gasteiger partial charge on any atom is 0.168 e. The van der Waals surface area contributed by atoms with E-state index in [1.807, 2.05) is 24.4 Å². The molecule has 0 bridgehead atoms. The molecule has 0 atom stereocenters. The van der Waals surface area contributed by atoms with Gasteiger partial charge in [-0.1, -0.05) is 19.9 Å². The molecule has 0 aliphatic heterocycles. The van der Waals surface area contributed by atoms with Crippen LogP contribution < -0.4 is 5.32 Å². The van der Waals surface area contributed by atoms with Crippen LogP contribution in [0.3, 0.4) is 0 Å². The zero-order chi connectivity index (χ0) is 14.6. The van der Waals surface area contributed by atoms with Crippen LogP contribution in [0.25, 0.3) is 5.65 Å². The molecule has 0 unspecified atom stereocenters. The van der Waals surface area contributed by atoms with E-state index < -0.39 is 0 Å². The molecule has 5 nitrogen and oxygen atoms in total. The summed E-state index contributed by atoms with van der Waals surface area (Å²) in [5, 5.41) is 12.6. The highest BCUT2D eigenvalue weighted by Gasteiger charge is 2.19. The highest BCUT2D eigenvalue weighted by Crippen LogP contribution is 2.23. The molecule has 0 aliphatic rings. The van der Waals surface area contributed by atoms with Gasteiger partial charge in [0.1, 0.15) is 11.7 Å². The molecular weight excluding hydrogens is 252 g/mol. The molecule has 0 spiro atoms. The van der Waals surface area contributed by atoms with Gasteiger partial charge in [-0.25, -0.2) is 4.98 Å². The maximum absolute atomic E-state index is 9.31. The van der Waals surface area contributed by atoms with Crippen molar-refractivity contribution >= 4 is 11.5 Å². The Morgan fingerprint density at radius 2 is 2.25 bits per heavy atom. The van der Waals surface area contributed by atoms with Crippen LogP contribution in [0.15, 0.2) is 24.4 Å². The molecular formula is C15H20N4O. The second kappa shape index (κ2) is 5.93. The second-order valence-electron chi connectivity index (χ2n) is 5.61. The SMILES string of the molecule is COCCC(C)(C)CNc1nc2ccccn2c1C#N. The molecule has 0 fully saturated rings. The molecule has 2 heterocycles. The van der Waals surface area contributed by atoms with E-state index in [1.165, 1.54) is 0 Å². The number of fused-ring (bicyclic) bond motifs is 1. The van der Waals surface area contributed by atoms with E-state index >= 15 is 0 Å². The number of aromatic nitrogens is 2. The molecule has 0 aromatic carbocycles. The van der Waals surface area contributed by atoms with Crippen LogP contribution in [-0.2, 0) is 4.74 Å². The minimum Gasteiger partial charge on any atom is -0.385 e. The average Bonchev–Trinajstić information content (AvgIpc) is 2.80. The summed E-state index contributed by atoms with van der Waals surface area (Å²) in [6, 6.07) is 7.91. The molecule has 2 aromatic rings. The standard InChI is InChI=1S/C15H20N4O/c1-15(2,7-9-20-3)11-17-14-12(10-16)19-8-5-4-6-13(19)18-14/h4-6,8,17H,7,9,11H2,1-3H3. The second-order valence-corrected chi connectivity index (χ2v) is 5.61. The van der Waals surface area contributed by atoms with Crippen molar-refractivity contribution in [3.8, 4) is 6.07 Å². The lowest BCUT2D eigenvalue weighted by atomic mass is 9.90. The third kappa shape index (κ3) is 3.09. The van der Waals surface area contributed by atoms with Crippen LogP contribution in [0.2, 0.25) is 0 Å². The first-order chi connectivity index (χ1) is 9.57. The zero-order valence-electron chi connectivity index (χ0n) is 12.2. The number of rotatable bonds is 6. The summed E-state index contributed by atoms with van der Waals surface area (Å²) in [5.41, 5.74) is 1.41. The average molecular weight is 272 g/mol. The topological polar surface area (TPSA) is 62.4 Å². The number of hydrogen-bond donors (Lipinski definition) is 1. The molecule has 0 saturated carbocycles. The number of nitrogens with zero attached hydrogens (tertiary/aromatic N) is 3. The summed E-state index contributed by atoms with van der Waals surface area (Å²) < 4.78 is 6.92. The van der Waals surface area contributed by atoms with E-state index in [-0.39, 0.29) is 5.41 Å². The number of nitrogens with one attached hydrogen (secondary N) is 1. The monoisotopic (exact) mass is 272 g/mol. The van der Waals surface area contributed by atoms with Gasteiger partial charge in [-0.3, -0.25) is 4.40 Å². The van der Waals surface area contributed by atoms with Crippen LogP contribution in [0.5, 0.6) is 0 Å². The minimum absolute atomic E-state index is 0.0819. The summed E-state index contributed by atoms with van der Waals surface area (Å²) in [6.07, 6.45) is 2.80. The van der Waals surface area contributed by atoms with Gasteiger partial charge in [0, 0.05) is 26.5 Å². The molecule has 20 heavy (non-hydrogen) atoms. The van der Waals surface area contributed by atoms with Crippen molar-refractivity contribution in [1.29, 1.82) is 5.26 Å². The van der Waals surface area contributed by atoms with Crippen LogP contribution in [0.1, 0.15) is 26.0 Å². The predicted molar refractivity (Wildman–Crippen MR) is 78.7 cm³/mol. The fraction of sp³-hybridized carbons (Fsp3) is 0.467. The van der Waals surface area contributed by atoms with Gasteiger partial charge in [-0.05, 0) is 24.0 Å². The fourth-order valence-electron chi connectivity index (χ4n) is 2.02. The number of imidazole rings is 1. The number of methoxy groups -OCH3 is 1. The first-order valence-corrected chi connectivity index (χ1v) is 6.67. The van der Waals surface area contributed by atoms with E-state index in [2.05, 4.69) is 30.2 Å².